The maximum Gasteiger partial charge on any atom is 0.144 e. The largest absolute Gasteiger partial charge is 0.300 e. The molecule has 3 heteroatoms. The Hall–Kier alpha value is -2.16. The van der Waals surface area contributed by atoms with Crippen molar-refractivity contribution < 1.29 is 0 Å². The highest BCUT2D eigenvalue weighted by atomic mass is 15.0. The average molecular weight is 223 g/mol. The topological polar surface area (TPSA) is 30.7 Å². The van der Waals surface area contributed by atoms with Gasteiger partial charge in [0, 0.05) is 24.0 Å². The molecule has 0 atom stereocenters. The van der Waals surface area contributed by atoms with E-state index < -0.39 is 0 Å². The van der Waals surface area contributed by atoms with E-state index in [0.717, 1.165) is 22.3 Å². The number of nitrogens with zero attached hydrogens (tertiary/aromatic N) is 3. The fraction of sp³-hybridized carbons (Fsp3) is 0.143. The van der Waals surface area contributed by atoms with Crippen LogP contribution in [-0.4, -0.2) is 14.5 Å². The molecule has 3 rings (SSSR count). The maximum atomic E-state index is 4.48. The van der Waals surface area contributed by atoms with Crippen LogP contribution in [0.4, 0.5) is 0 Å². The summed E-state index contributed by atoms with van der Waals surface area (Å²) in [5.74, 6) is 0. The summed E-state index contributed by atoms with van der Waals surface area (Å²) >= 11 is 0. The molecule has 0 N–H and O–H groups in total. The fourth-order valence-electron chi connectivity index (χ4n) is 2.01. The van der Waals surface area contributed by atoms with Crippen molar-refractivity contribution in [2.24, 2.45) is 0 Å². The van der Waals surface area contributed by atoms with Gasteiger partial charge < -0.3 is 0 Å². The van der Waals surface area contributed by atoms with Crippen LogP contribution in [0.2, 0.25) is 0 Å². The smallest absolute Gasteiger partial charge is 0.144 e. The molecule has 0 fully saturated rings. The van der Waals surface area contributed by atoms with E-state index in [-0.39, 0.29) is 0 Å². The summed E-state index contributed by atoms with van der Waals surface area (Å²) < 4.78 is 2.06. The molecular weight excluding hydrogens is 210 g/mol. The molecule has 0 aliphatic rings. The van der Waals surface area contributed by atoms with Gasteiger partial charge in [-0.2, -0.15) is 0 Å². The zero-order valence-corrected chi connectivity index (χ0v) is 9.88. The minimum atomic E-state index is 0.975. The molecule has 0 aromatic carbocycles. The van der Waals surface area contributed by atoms with E-state index in [2.05, 4.69) is 39.7 Å². The van der Waals surface area contributed by atoms with E-state index in [9.17, 15) is 0 Å². The van der Waals surface area contributed by atoms with Crippen LogP contribution in [0.25, 0.3) is 16.7 Å². The van der Waals surface area contributed by atoms with E-state index in [0.29, 0.717) is 0 Å². The summed E-state index contributed by atoms with van der Waals surface area (Å²) in [6.45, 7) is 4.10. The molecule has 3 heterocycles. The summed E-state index contributed by atoms with van der Waals surface area (Å²) in [7, 11) is 0. The highest BCUT2D eigenvalue weighted by molar-refractivity contribution is 5.78. The first-order valence-corrected chi connectivity index (χ1v) is 5.60. The lowest BCUT2D eigenvalue weighted by atomic mass is 10.2. The normalized spacial score (nSPS) is 10.9. The lowest BCUT2D eigenvalue weighted by molar-refractivity contribution is 1.06. The molecule has 3 aromatic rings. The van der Waals surface area contributed by atoms with Gasteiger partial charge in [-0.25, -0.2) is 4.98 Å². The molecule has 0 saturated heterocycles. The zero-order chi connectivity index (χ0) is 11.8. The lowest BCUT2D eigenvalue weighted by Crippen LogP contribution is -1.95. The number of pyridine rings is 2. The molecule has 17 heavy (non-hydrogen) atoms. The van der Waals surface area contributed by atoms with Gasteiger partial charge in [0.05, 0.1) is 11.9 Å². The maximum absolute atomic E-state index is 4.48. The van der Waals surface area contributed by atoms with Gasteiger partial charge in [-0.05, 0) is 43.2 Å². The van der Waals surface area contributed by atoms with E-state index in [1.54, 1.807) is 0 Å². The molecule has 0 amide bonds. The first kappa shape index (κ1) is 10.0. The Bertz CT molecular complexity index is 683. The summed E-state index contributed by atoms with van der Waals surface area (Å²) in [6.07, 6.45) is 7.64. The van der Waals surface area contributed by atoms with Crippen LogP contribution in [-0.2, 0) is 0 Å². The molecule has 0 radical (unpaired) electrons. The minimum absolute atomic E-state index is 0.975. The van der Waals surface area contributed by atoms with Gasteiger partial charge in [0.25, 0.3) is 0 Å². The van der Waals surface area contributed by atoms with Crippen molar-refractivity contribution in [3.8, 4) is 5.69 Å². The molecule has 0 spiro atoms. The third kappa shape index (κ3) is 1.69. The number of aryl methyl sites for hydroxylation is 2. The van der Waals surface area contributed by atoms with E-state index >= 15 is 0 Å². The van der Waals surface area contributed by atoms with Crippen molar-refractivity contribution in [2.45, 2.75) is 13.8 Å². The van der Waals surface area contributed by atoms with Crippen molar-refractivity contribution >= 4 is 11.0 Å². The molecule has 3 nitrogen and oxygen atoms in total. The Balaban J connectivity index is 2.24. The number of fused-ring (bicyclic) bond motifs is 1. The average Bonchev–Trinajstić information content (AvgIpc) is 2.71. The monoisotopic (exact) mass is 223 g/mol. The highest BCUT2D eigenvalue weighted by Gasteiger charge is 2.04. The van der Waals surface area contributed by atoms with Crippen LogP contribution in [0, 0.1) is 13.8 Å². The summed E-state index contributed by atoms with van der Waals surface area (Å²) in [5, 5.41) is 1.16. The number of rotatable bonds is 1. The molecule has 0 bridgehead atoms. The second kappa shape index (κ2) is 3.70. The Morgan fingerprint density at radius 1 is 1.00 bits per heavy atom. The van der Waals surface area contributed by atoms with Gasteiger partial charge in [-0.3, -0.25) is 9.55 Å². The van der Waals surface area contributed by atoms with Crippen molar-refractivity contribution in [1.29, 1.82) is 0 Å². The van der Waals surface area contributed by atoms with Crippen molar-refractivity contribution in [3.05, 3.63) is 54.1 Å². The predicted octanol–water partition coefficient (Wildman–Crippen LogP) is 3.04. The first-order valence-electron chi connectivity index (χ1n) is 5.60. The predicted molar refractivity (Wildman–Crippen MR) is 68.3 cm³/mol. The van der Waals surface area contributed by atoms with Gasteiger partial charge in [0.15, 0.2) is 0 Å². The second-order valence-corrected chi connectivity index (χ2v) is 4.33. The quantitative estimate of drug-likeness (QED) is 0.634. The molecule has 0 aliphatic carbocycles. The third-order valence-electron chi connectivity index (χ3n) is 2.80. The minimum Gasteiger partial charge on any atom is -0.300 e. The van der Waals surface area contributed by atoms with E-state index in [1.807, 2.05) is 31.7 Å². The Morgan fingerprint density at radius 2 is 1.82 bits per heavy atom. The SMILES string of the molecule is Cc1cncc(-n2ccc3cc(C)cnc32)c1. The summed E-state index contributed by atoms with van der Waals surface area (Å²) in [4.78, 5) is 8.70. The van der Waals surface area contributed by atoms with Gasteiger partial charge in [0.2, 0.25) is 0 Å². The standard InChI is InChI=1S/C14H13N3/c1-10-5-12-3-4-17(14(12)16-8-10)13-6-11(2)7-15-9-13/h3-9H,1-2H3. The number of hydrogen-bond donors (Lipinski definition) is 0. The summed E-state index contributed by atoms with van der Waals surface area (Å²) in [5.41, 5.74) is 4.36. The Labute approximate surface area is 99.8 Å². The first-order chi connectivity index (χ1) is 8.24. The van der Waals surface area contributed by atoms with E-state index in [4.69, 9.17) is 0 Å². The fourth-order valence-corrected chi connectivity index (χ4v) is 2.01. The number of hydrogen-bond acceptors (Lipinski definition) is 2. The highest BCUT2D eigenvalue weighted by Crippen LogP contribution is 2.19. The molecule has 0 unspecified atom stereocenters. The molecular formula is C14H13N3. The Morgan fingerprint density at radius 3 is 2.65 bits per heavy atom. The van der Waals surface area contributed by atoms with Gasteiger partial charge in [-0.15, -0.1) is 0 Å². The van der Waals surface area contributed by atoms with Crippen molar-refractivity contribution in [2.75, 3.05) is 0 Å². The zero-order valence-electron chi connectivity index (χ0n) is 9.88. The van der Waals surface area contributed by atoms with Gasteiger partial charge in [-0.1, -0.05) is 0 Å². The molecule has 84 valence electrons. The van der Waals surface area contributed by atoms with E-state index in [1.165, 1.54) is 5.56 Å². The molecule has 0 aliphatic heterocycles. The van der Waals surface area contributed by atoms with Gasteiger partial charge in [0.1, 0.15) is 5.65 Å². The molecule has 0 saturated carbocycles. The second-order valence-electron chi connectivity index (χ2n) is 4.33. The van der Waals surface area contributed by atoms with Crippen LogP contribution in [0.15, 0.2) is 43.0 Å². The lowest BCUT2D eigenvalue weighted by Gasteiger charge is -2.05. The Kier molecular flexibility index (Phi) is 2.18. The summed E-state index contributed by atoms with van der Waals surface area (Å²) in [6, 6.07) is 6.33. The van der Waals surface area contributed by atoms with Crippen LogP contribution >= 0.6 is 0 Å². The van der Waals surface area contributed by atoms with Crippen LogP contribution in [0.3, 0.4) is 0 Å². The van der Waals surface area contributed by atoms with Crippen LogP contribution in [0.1, 0.15) is 11.1 Å². The number of aromatic nitrogens is 3. The third-order valence-corrected chi connectivity index (χ3v) is 2.80. The van der Waals surface area contributed by atoms with Crippen molar-refractivity contribution in [1.82, 2.24) is 14.5 Å². The van der Waals surface area contributed by atoms with Crippen LogP contribution in [0.5, 0.6) is 0 Å². The van der Waals surface area contributed by atoms with Crippen LogP contribution < -0.4 is 0 Å². The van der Waals surface area contributed by atoms with Gasteiger partial charge >= 0.3 is 0 Å². The van der Waals surface area contributed by atoms with Crippen molar-refractivity contribution in [3.63, 3.8) is 0 Å². The molecule has 3 aromatic heterocycles.